The SMILES string of the molecule is O=C1NCCO1.O=c1ccc2ccccc2o1. The number of cyclic esters (lactones) is 1. The zero-order valence-corrected chi connectivity index (χ0v) is 9.01. The molecule has 1 aromatic heterocycles. The minimum Gasteiger partial charge on any atom is -0.448 e. The summed E-state index contributed by atoms with van der Waals surface area (Å²) in [6.07, 6.45) is -0.296. The van der Waals surface area contributed by atoms with Crippen LogP contribution in [0.5, 0.6) is 0 Å². The Morgan fingerprint density at radius 1 is 1.06 bits per heavy atom. The summed E-state index contributed by atoms with van der Waals surface area (Å²) in [6.45, 7) is 1.19. The lowest BCUT2D eigenvalue weighted by atomic mass is 10.2. The molecule has 5 heteroatoms. The topological polar surface area (TPSA) is 68.5 Å². The van der Waals surface area contributed by atoms with Gasteiger partial charge in [0.1, 0.15) is 12.2 Å². The van der Waals surface area contributed by atoms with Crippen LogP contribution in [0.25, 0.3) is 11.0 Å². The van der Waals surface area contributed by atoms with Gasteiger partial charge in [-0.3, -0.25) is 0 Å². The molecule has 1 N–H and O–H groups in total. The van der Waals surface area contributed by atoms with Crippen LogP contribution in [0.4, 0.5) is 4.79 Å². The van der Waals surface area contributed by atoms with Gasteiger partial charge >= 0.3 is 11.7 Å². The van der Waals surface area contributed by atoms with E-state index in [1.165, 1.54) is 6.07 Å². The van der Waals surface area contributed by atoms with Gasteiger partial charge in [-0.05, 0) is 12.1 Å². The Morgan fingerprint density at radius 2 is 1.88 bits per heavy atom. The summed E-state index contributed by atoms with van der Waals surface area (Å²) in [5.74, 6) is 0. The lowest BCUT2D eigenvalue weighted by molar-refractivity contribution is 0.178. The van der Waals surface area contributed by atoms with Crippen molar-refractivity contribution in [2.24, 2.45) is 0 Å². The van der Waals surface area contributed by atoms with E-state index < -0.39 is 0 Å². The van der Waals surface area contributed by atoms with Crippen LogP contribution < -0.4 is 10.9 Å². The Bertz CT molecular complexity index is 568. The van der Waals surface area contributed by atoms with Crippen molar-refractivity contribution in [1.29, 1.82) is 0 Å². The van der Waals surface area contributed by atoms with E-state index in [1.807, 2.05) is 18.2 Å². The van der Waals surface area contributed by atoms with Crippen LogP contribution in [-0.4, -0.2) is 19.2 Å². The van der Waals surface area contributed by atoms with Gasteiger partial charge in [0.05, 0.1) is 6.54 Å². The number of hydrogen-bond donors (Lipinski definition) is 1. The second-order valence-electron chi connectivity index (χ2n) is 3.35. The van der Waals surface area contributed by atoms with E-state index in [2.05, 4.69) is 10.1 Å². The molecular formula is C12H11NO4. The Labute approximate surface area is 97.0 Å². The Balaban J connectivity index is 0.000000153. The first-order valence-corrected chi connectivity index (χ1v) is 5.15. The third-order valence-corrected chi connectivity index (χ3v) is 2.13. The lowest BCUT2D eigenvalue weighted by Crippen LogP contribution is -2.11. The second kappa shape index (κ2) is 5.16. The van der Waals surface area contributed by atoms with E-state index in [0.29, 0.717) is 18.7 Å². The Kier molecular flexibility index (Phi) is 3.40. The molecule has 0 unspecified atom stereocenters. The summed E-state index contributed by atoms with van der Waals surface area (Å²) in [6, 6.07) is 10.6. The third-order valence-electron chi connectivity index (χ3n) is 2.13. The predicted octanol–water partition coefficient (Wildman–Crippen LogP) is 1.52. The molecule has 0 saturated carbocycles. The summed E-state index contributed by atoms with van der Waals surface area (Å²) >= 11 is 0. The lowest BCUT2D eigenvalue weighted by Gasteiger charge is -1.91. The monoisotopic (exact) mass is 233 g/mol. The molecule has 1 aliphatic heterocycles. The van der Waals surface area contributed by atoms with Gasteiger partial charge in [0.15, 0.2) is 0 Å². The van der Waals surface area contributed by atoms with Crippen LogP contribution in [0.3, 0.4) is 0 Å². The van der Waals surface area contributed by atoms with Gasteiger partial charge in [-0.1, -0.05) is 18.2 Å². The smallest absolute Gasteiger partial charge is 0.407 e. The number of amides is 1. The van der Waals surface area contributed by atoms with Crippen LogP contribution in [-0.2, 0) is 4.74 Å². The fraction of sp³-hybridized carbons (Fsp3) is 0.167. The summed E-state index contributed by atoms with van der Waals surface area (Å²) in [7, 11) is 0. The first kappa shape index (κ1) is 11.2. The highest BCUT2D eigenvalue weighted by atomic mass is 16.6. The fourth-order valence-corrected chi connectivity index (χ4v) is 1.36. The zero-order valence-electron chi connectivity index (χ0n) is 9.01. The Hall–Kier alpha value is -2.30. The van der Waals surface area contributed by atoms with Crippen LogP contribution in [0.2, 0.25) is 0 Å². The molecule has 0 spiro atoms. The zero-order chi connectivity index (χ0) is 12.1. The van der Waals surface area contributed by atoms with Gasteiger partial charge in [0, 0.05) is 11.5 Å². The molecule has 17 heavy (non-hydrogen) atoms. The molecule has 88 valence electrons. The van der Waals surface area contributed by atoms with E-state index in [1.54, 1.807) is 12.1 Å². The first-order chi connectivity index (χ1) is 8.25. The minimum atomic E-state index is -0.302. The first-order valence-electron chi connectivity index (χ1n) is 5.15. The van der Waals surface area contributed by atoms with Crippen molar-refractivity contribution in [2.45, 2.75) is 0 Å². The maximum atomic E-state index is 10.7. The Morgan fingerprint density at radius 3 is 2.53 bits per heavy atom. The maximum Gasteiger partial charge on any atom is 0.407 e. The summed E-state index contributed by atoms with van der Waals surface area (Å²) < 4.78 is 9.31. The number of fused-ring (bicyclic) bond motifs is 1. The third kappa shape index (κ3) is 3.07. The summed E-state index contributed by atoms with van der Waals surface area (Å²) in [5, 5.41) is 3.41. The van der Waals surface area contributed by atoms with Crippen LogP contribution in [0.1, 0.15) is 0 Å². The van der Waals surface area contributed by atoms with Gasteiger partial charge in [-0.25, -0.2) is 9.59 Å². The van der Waals surface area contributed by atoms with Crippen LogP contribution in [0, 0.1) is 0 Å². The highest BCUT2D eigenvalue weighted by Crippen LogP contribution is 2.08. The molecule has 0 atom stereocenters. The molecule has 0 radical (unpaired) electrons. The van der Waals surface area contributed by atoms with Crippen molar-refractivity contribution in [3.8, 4) is 0 Å². The molecule has 2 aromatic rings. The normalized spacial score (nSPS) is 13.5. The average Bonchev–Trinajstić information content (AvgIpc) is 2.81. The van der Waals surface area contributed by atoms with E-state index in [0.717, 1.165) is 5.39 Å². The molecule has 0 aliphatic carbocycles. The van der Waals surface area contributed by atoms with Crippen LogP contribution in [0.15, 0.2) is 45.6 Å². The fourth-order valence-electron chi connectivity index (χ4n) is 1.36. The summed E-state index contributed by atoms with van der Waals surface area (Å²) in [4.78, 5) is 20.6. The molecule has 0 bridgehead atoms. The number of carbonyl (C=O) groups excluding carboxylic acids is 1. The number of hydrogen-bond acceptors (Lipinski definition) is 4. The quantitative estimate of drug-likeness (QED) is 0.700. The standard InChI is InChI=1S/C9H6O2.C3H5NO2/c10-9-6-5-7-3-1-2-4-8(7)11-9;5-3-4-1-2-6-3/h1-6H;1-2H2,(H,4,5). The number of ether oxygens (including phenoxy) is 1. The average molecular weight is 233 g/mol. The molecule has 1 amide bonds. The van der Waals surface area contributed by atoms with Crippen molar-refractivity contribution in [3.05, 3.63) is 46.8 Å². The van der Waals surface area contributed by atoms with E-state index in [-0.39, 0.29) is 11.7 Å². The minimum absolute atomic E-state index is 0.296. The maximum absolute atomic E-state index is 10.7. The van der Waals surface area contributed by atoms with E-state index in [9.17, 15) is 9.59 Å². The van der Waals surface area contributed by atoms with Gasteiger partial charge in [-0.15, -0.1) is 0 Å². The summed E-state index contributed by atoms with van der Waals surface area (Å²) in [5.41, 5.74) is 0.337. The largest absolute Gasteiger partial charge is 0.448 e. The number of rotatable bonds is 0. The van der Waals surface area contributed by atoms with Gasteiger partial charge in [0.2, 0.25) is 0 Å². The molecular weight excluding hydrogens is 222 g/mol. The van der Waals surface area contributed by atoms with E-state index >= 15 is 0 Å². The van der Waals surface area contributed by atoms with Crippen LogP contribution >= 0.6 is 0 Å². The van der Waals surface area contributed by atoms with Crippen molar-refractivity contribution >= 4 is 17.1 Å². The van der Waals surface area contributed by atoms with Gasteiger partial charge in [0.25, 0.3) is 0 Å². The molecule has 1 fully saturated rings. The molecule has 5 nitrogen and oxygen atoms in total. The van der Waals surface area contributed by atoms with E-state index in [4.69, 9.17) is 4.42 Å². The second-order valence-corrected chi connectivity index (χ2v) is 3.35. The molecule has 2 heterocycles. The molecule has 3 rings (SSSR count). The number of alkyl carbamates (subject to hydrolysis) is 1. The van der Waals surface area contributed by atoms with Crippen molar-refractivity contribution in [1.82, 2.24) is 5.32 Å². The molecule has 1 saturated heterocycles. The highest BCUT2D eigenvalue weighted by Gasteiger charge is 2.06. The molecule has 1 aromatic carbocycles. The number of benzene rings is 1. The van der Waals surface area contributed by atoms with Gasteiger partial charge < -0.3 is 14.5 Å². The number of para-hydroxylation sites is 1. The van der Waals surface area contributed by atoms with Crippen molar-refractivity contribution in [2.75, 3.05) is 13.2 Å². The van der Waals surface area contributed by atoms with Crippen molar-refractivity contribution < 1.29 is 13.9 Å². The molecule has 1 aliphatic rings. The van der Waals surface area contributed by atoms with Crippen molar-refractivity contribution in [3.63, 3.8) is 0 Å². The highest BCUT2D eigenvalue weighted by molar-refractivity contribution is 5.75. The predicted molar refractivity (Wildman–Crippen MR) is 61.8 cm³/mol. The number of carbonyl (C=O) groups is 1. The number of nitrogens with one attached hydrogen (secondary N) is 1. The van der Waals surface area contributed by atoms with Gasteiger partial charge in [-0.2, -0.15) is 0 Å².